The van der Waals surface area contributed by atoms with Gasteiger partial charge in [-0.15, -0.1) is 0 Å². The fourth-order valence-corrected chi connectivity index (χ4v) is 2.17. The van der Waals surface area contributed by atoms with E-state index in [1.165, 1.54) is 5.56 Å². The Kier molecular flexibility index (Phi) is 4.89. The third-order valence-corrected chi connectivity index (χ3v) is 3.20. The van der Waals surface area contributed by atoms with Crippen LogP contribution >= 0.6 is 0 Å². The molecule has 0 aliphatic heterocycles. The van der Waals surface area contributed by atoms with Gasteiger partial charge < -0.3 is 5.32 Å². The zero-order valence-electron chi connectivity index (χ0n) is 12.7. The third kappa shape index (κ3) is 3.66. The van der Waals surface area contributed by atoms with Crippen molar-refractivity contribution in [3.05, 3.63) is 30.1 Å². The topological polar surface area (TPSA) is 60.6 Å². The molecule has 0 bridgehead atoms. The summed E-state index contributed by atoms with van der Waals surface area (Å²) in [5.74, 6) is 1.50. The standard InChI is InChI=1S/C14H24N6/c1-5-15-12(4)13-6-17-19(8-13)9-14-16-10-18-20(14)7-11(2)3/h6,8,10-12,15H,5,7,9H2,1-4H3. The maximum absolute atomic E-state index is 4.41. The Balaban J connectivity index is 2.05. The van der Waals surface area contributed by atoms with E-state index in [4.69, 9.17) is 0 Å². The second kappa shape index (κ2) is 6.65. The van der Waals surface area contributed by atoms with E-state index in [2.05, 4.69) is 54.4 Å². The minimum atomic E-state index is 0.322. The second-order valence-electron chi connectivity index (χ2n) is 5.50. The van der Waals surface area contributed by atoms with Crippen LogP contribution in [0.2, 0.25) is 0 Å². The van der Waals surface area contributed by atoms with E-state index in [9.17, 15) is 0 Å². The van der Waals surface area contributed by atoms with Crippen molar-refractivity contribution in [2.75, 3.05) is 6.54 Å². The van der Waals surface area contributed by atoms with Crippen LogP contribution in [0, 0.1) is 5.92 Å². The van der Waals surface area contributed by atoms with Crippen molar-refractivity contribution in [2.45, 2.75) is 46.8 Å². The van der Waals surface area contributed by atoms with Crippen LogP contribution in [-0.2, 0) is 13.1 Å². The molecule has 0 aliphatic rings. The molecule has 0 fully saturated rings. The van der Waals surface area contributed by atoms with E-state index in [1.807, 2.05) is 15.6 Å². The van der Waals surface area contributed by atoms with Gasteiger partial charge in [-0.2, -0.15) is 10.2 Å². The predicted octanol–water partition coefficient (Wildman–Crippen LogP) is 1.85. The zero-order valence-corrected chi connectivity index (χ0v) is 12.7. The first-order valence-electron chi connectivity index (χ1n) is 7.22. The lowest BCUT2D eigenvalue weighted by atomic mass is 10.2. The molecule has 2 aromatic rings. The molecule has 2 aromatic heterocycles. The van der Waals surface area contributed by atoms with Crippen molar-refractivity contribution in [1.29, 1.82) is 0 Å². The molecule has 110 valence electrons. The number of nitrogens with zero attached hydrogens (tertiary/aromatic N) is 5. The maximum Gasteiger partial charge on any atom is 0.148 e. The minimum absolute atomic E-state index is 0.322. The van der Waals surface area contributed by atoms with Crippen LogP contribution in [0.25, 0.3) is 0 Å². The van der Waals surface area contributed by atoms with Crippen LogP contribution in [0.4, 0.5) is 0 Å². The first kappa shape index (κ1) is 14.7. The molecule has 1 N–H and O–H groups in total. The van der Waals surface area contributed by atoms with E-state index in [-0.39, 0.29) is 0 Å². The summed E-state index contributed by atoms with van der Waals surface area (Å²) in [6.07, 6.45) is 5.60. The number of hydrogen-bond donors (Lipinski definition) is 1. The summed E-state index contributed by atoms with van der Waals surface area (Å²) in [7, 11) is 0. The van der Waals surface area contributed by atoms with Crippen molar-refractivity contribution >= 4 is 0 Å². The fourth-order valence-electron chi connectivity index (χ4n) is 2.17. The molecular formula is C14H24N6. The molecule has 0 spiro atoms. The Hall–Kier alpha value is -1.69. The van der Waals surface area contributed by atoms with Gasteiger partial charge in [0.15, 0.2) is 0 Å². The smallest absolute Gasteiger partial charge is 0.148 e. The van der Waals surface area contributed by atoms with Gasteiger partial charge in [0.1, 0.15) is 18.7 Å². The average Bonchev–Trinajstić information content (AvgIpc) is 3.00. The number of aromatic nitrogens is 5. The molecule has 0 aromatic carbocycles. The van der Waals surface area contributed by atoms with E-state index >= 15 is 0 Å². The predicted molar refractivity (Wildman–Crippen MR) is 78.3 cm³/mol. The van der Waals surface area contributed by atoms with Gasteiger partial charge in [-0.1, -0.05) is 20.8 Å². The van der Waals surface area contributed by atoms with Gasteiger partial charge in [0.05, 0.1) is 6.20 Å². The summed E-state index contributed by atoms with van der Waals surface area (Å²) in [6.45, 7) is 11.1. The van der Waals surface area contributed by atoms with Crippen LogP contribution in [-0.4, -0.2) is 31.1 Å². The van der Waals surface area contributed by atoms with Crippen LogP contribution < -0.4 is 5.32 Å². The van der Waals surface area contributed by atoms with Gasteiger partial charge in [-0.3, -0.25) is 4.68 Å². The molecule has 0 amide bonds. The molecule has 0 saturated carbocycles. The molecule has 1 atom stereocenters. The van der Waals surface area contributed by atoms with Crippen molar-refractivity contribution in [2.24, 2.45) is 5.92 Å². The lowest BCUT2D eigenvalue weighted by Gasteiger charge is -2.09. The Morgan fingerprint density at radius 2 is 2.05 bits per heavy atom. The van der Waals surface area contributed by atoms with Gasteiger partial charge in [0, 0.05) is 24.3 Å². The minimum Gasteiger partial charge on any atom is -0.310 e. The van der Waals surface area contributed by atoms with Gasteiger partial charge in [0.25, 0.3) is 0 Å². The molecule has 0 radical (unpaired) electrons. The summed E-state index contributed by atoms with van der Waals surface area (Å²) in [4.78, 5) is 4.33. The first-order valence-corrected chi connectivity index (χ1v) is 7.22. The second-order valence-corrected chi connectivity index (χ2v) is 5.50. The van der Waals surface area contributed by atoms with Crippen LogP contribution in [0.1, 0.15) is 45.1 Å². The molecule has 2 heterocycles. The highest BCUT2D eigenvalue weighted by atomic mass is 15.4. The summed E-state index contributed by atoms with van der Waals surface area (Å²) in [5, 5.41) is 12.1. The van der Waals surface area contributed by atoms with E-state index < -0.39 is 0 Å². The monoisotopic (exact) mass is 276 g/mol. The molecule has 6 nitrogen and oxygen atoms in total. The van der Waals surface area contributed by atoms with Crippen LogP contribution in [0.3, 0.4) is 0 Å². The molecular weight excluding hydrogens is 252 g/mol. The van der Waals surface area contributed by atoms with Gasteiger partial charge in [-0.25, -0.2) is 9.67 Å². The molecule has 20 heavy (non-hydrogen) atoms. The fraction of sp³-hybridized carbons (Fsp3) is 0.643. The highest BCUT2D eigenvalue weighted by Crippen LogP contribution is 2.11. The van der Waals surface area contributed by atoms with Crippen molar-refractivity contribution < 1.29 is 0 Å². The maximum atomic E-state index is 4.41. The summed E-state index contributed by atoms with van der Waals surface area (Å²) < 4.78 is 3.88. The number of hydrogen-bond acceptors (Lipinski definition) is 4. The summed E-state index contributed by atoms with van der Waals surface area (Å²) >= 11 is 0. The number of rotatable bonds is 7. The molecule has 6 heteroatoms. The van der Waals surface area contributed by atoms with Crippen molar-refractivity contribution in [3.63, 3.8) is 0 Å². The average molecular weight is 276 g/mol. The Morgan fingerprint density at radius 1 is 1.25 bits per heavy atom. The molecule has 2 rings (SSSR count). The van der Waals surface area contributed by atoms with Crippen molar-refractivity contribution in [1.82, 2.24) is 29.9 Å². The van der Waals surface area contributed by atoms with Gasteiger partial charge in [0.2, 0.25) is 0 Å². The first-order chi connectivity index (χ1) is 9.60. The van der Waals surface area contributed by atoms with Crippen LogP contribution in [0.15, 0.2) is 18.7 Å². The highest BCUT2D eigenvalue weighted by molar-refractivity contribution is 5.09. The van der Waals surface area contributed by atoms with Crippen molar-refractivity contribution in [3.8, 4) is 0 Å². The van der Waals surface area contributed by atoms with Gasteiger partial charge in [-0.05, 0) is 19.4 Å². The molecule has 0 aliphatic carbocycles. The highest BCUT2D eigenvalue weighted by Gasteiger charge is 2.10. The normalized spacial score (nSPS) is 13.1. The Labute approximate surface area is 120 Å². The zero-order chi connectivity index (χ0) is 14.5. The Bertz CT molecular complexity index is 527. The van der Waals surface area contributed by atoms with E-state index in [0.29, 0.717) is 18.5 Å². The SMILES string of the molecule is CCNC(C)c1cnn(Cc2ncnn2CC(C)C)c1. The Morgan fingerprint density at radius 3 is 2.75 bits per heavy atom. The van der Waals surface area contributed by atoms with Gasteiger partial charge >= 0.3 is 0 Å². The quantitative estimate of drug-likeness (QED) is 0.838. The summed E-state index contributed by atoms with van der Waals surface area (Å²) in [5.41, 5.74) is 1.20. The number of nitrogens with one attached hydrogen (secondary N) is 1. The molecule has 0 saturated heterocycles. The lowest BCUT2D eigenvalue weighted by molar-refractivity contribution is 0.456. The lowest BCUT2D eigenvalue weighted by Crippen LogP contribution is -2.17. The largest absolute Gasteiger partial charge is 0.310 e. The van der Waals surface area contributed by atoms with Crippen LogP contribution in [0.5, 0.6) is 0 Å². The third-order valence-electron chi connectivity index (χ3n) is 3.20. The molecule has 1 unspecified atom stereocenters. The van der Waals surface area contributed by atoms with E-state index in [1.54, 1.807) is 6.33 Å². The van der Waals surface area contributed by atoms with E-state index in [0.717, 1.165) is 18.9 Å². The summed E-state index contributed by atoms with van der Waals surface area (Å²) in [6, 6.07) is 0.322.